The Morgan fingerprint density at radius 2 is 1.27 bits per heavy atom. The van der Waals surface area contributed by atoms with Crippen LogP contribution in [0.15, 0.2) is 78.9 Å². The Kier molecular flexibility index (Phi) is 5.10. The molecule has 3 nitrogen and oxygen atoms in total. The Hall–Kier alpha value is -2.42. The van der Waals surface area contributed by atoms with Crippen LogP contribution in [-0.2, 0) is 17.1 Å². The van der Waals surface area contributed by atoms with E-state index in [-0.39, 0.29) is 28.8 Å². The summed E-state index contributed by atoms with van der Waals surface area (Å²) >= 11 is 0. The molecule has 1 heterocycles. The van der Waals surface area contributed by atoms with Crippen molar-refractivity contribution in [1.82, 2.24) is 0 Å². The summed E-state index contributed by atoms with van der Waals surface area (Å²) in [5.41, 5.74) is 0.631. The van der Waals surface area contributed by atoms with E-state index < -0.39 is 0 Å². The van der Waals surface area contributed by atoms with Crippen molar-refractivity contribution in [2.24, 2.45) is 0 Å². The molecule has 22 heavy (non-hydrogen) atoms. The Balaban J connectivity index is 0.000000253. The van der Waals surface area contributed by atoms with Crippen LogP contribution in [0.5, 0.6) is 0 Å². The van der Waals surface area contributed by atoms with Crippen molar-refractivity contribution in [2.75, 3.05) is 0 Å². The van der Waals surface area contributed by atoms with Gasteiger partial charge >= 0.3 is 17.1 Å². The summed E-state index contributed by atoms with van der Waals surface area (Å²) in [6.07, 6.45) is 7.11. The van der Waals surface area contributed by atoms with Gasteiger partial charge in [-0.05, 0) is 12.1 Å². The van der Waals surface area contributed by atoms with Gasteiger partial charge in [-0.1, -0.05) is 24.3 Å². The summed E-state index contributed by atoms with van der Waals surface area (Å²) in [5.74, 6) is -0.487. The molecule has 0 aromatic heterocycles. The van der Waals surface area contributed by atoms with Crippen LogP contribution in [0.1, 0.15) is 0 Å². The van der Waals surface area contributed by atoms with E-state index in [0.29, 0.717) is 16.1 Å². The Bertz CT molecular complexity index is 785. The van der Waals surface area contributed by atoms with Crippen molar-refractivity contribution in [3.05, 3.63) is 89.3 Å². The van der Waals surface area contributed by atoms with Gasteiger partial charge in [0.1, 0.15) is 0 Å². The summed E-state index contributed by atoms with van der Waals surface area (Å²) in [6, 6.07) is 16.9. The largest absolute Gasteiger partial charge is 2.00 e. The van der Waals surface area contributed by atoms with Gasteiger partial charge in [0.2, 0.25) is 5.71 Å². The maximum absolute atomic E-state index is 12.0. The van der Waals surface area contributed by atoms with E-state index in [9.17, 15) is 10.2 Å². The number of allylic oxidation sites excluding steroid dienone is 4. The smallest absolute Gasteiger partial charge is 0.822 e. The van der Waals surface area contributed by atoms with Gasteiger partial charge in [-0.15, -0.1) is 0 Å². The molecule has 2 aromatic carbocycles. The summed E-state index contributed by atoms with van der Waals surface area (Å²) in [5, 5.41) is 25.0. The van der Waals surface area contributed by atoms with E-state index in [1.807, 2.05) is 30.3 Å². The molecule has 1 aliphatic heterocycles. The molecule has 2 aliphatic rings. The zero-order valence-electron chi connectivity index (χ0n) is 11.6. The molecule has 4 heteroatoms. The minimum absolute atomic E-state index is 0. The molecule has 0 fully saturated rings. The predicted octanol–water partition coefficient (Wildman–Crippen LogP) is -0.465. The molecule has 0 radical (unpaired) electrons. The summed E-state index contributed by atoms with van der Waals surface area (Å²) in [4.78, 5) is 0. The van der Waals surface area contributed by atoms with Crippen LogP contribution in [-0.4, -0.2) is 10.3 Å². The van der Waals surface area contributed by atoms with Crippen molar-refractivity contribution in [2.45, 2.75) is 0 Å². The minimum Gasteiger partial charge on any atom is -0.822 e. The van der Waals surface area contributed by atoms with E-state index in [4.69, 9.17) is 0 Å². The molecule has 0 atom stereocenters. The van der Waals surface area contributed by atoms with Gasteiger partial charge in [0.15, 0.2) is 11.8 Å². The fourth-order valence-electron chi connectivity index (χ4n) is 2.26. The normalized spacial score (nSPS) is 14.5. The average Bonchev–Trinajstić information content (AvgIpc) is 3.25. The maximum Gasteiger partial charge on any atom is 2.00 e. The van der Waals surface area contributed by atoms with Crippen LogP contribution in [0.3, 0.4) is 0 Å². The quantitative estimate of drug-likeness (QED) is 0.373. The molecular formula is C18H13FeNO2. The van der Waals surface area contributed by atoms with Crippen LogP contribution in [0.25, 0.3) is 11.8 Å². The first-order valence-corrected chi connectivity index (χ1v) is 6.65. The Morgan fingerprint density at radius 1 is 0.773 bits per heavy atom. The third kappa shape index (κ3) is 2.93. The first-order valence-electron chi connectivity index (χ1n) is 6.65. The predicted molar refractivity (Wildman–Crippen MR) is 78.1 cm³/mol. The van der Waals surface area contributed by atoms with E-state index in [0.717, 1.165) is 0 Å². The summed E-state index contributed by atoms with van der Waals surface area (Å²) in [6.45, 7) is 0. The van der Waals surface area contributed by atoms with Gasteiger partial charge in [-0.25, -0.2) is 12.1 Å². The second-order valence-electron chi connectivity index (χ2n) is 4.60. The monoisotopic (exact) mass is 331 g/mol. The van der Waals surface area contributed by atoms with Gasteiger partial charge in [-0.3, -0.25) is 0 Å². The molecule has 0 unspecified atom stereocenters. The molecule has 0 bridgehead atoms. The Labute approximate surface area is 139 Å². The third-order valence-corrected chi connectivity index (χ3v) is 3.25. The van der Waals surface area contributed by atoms with Gasteiger partial charge in [0.05, 0.1) is 0 Å². The Morgan fingerprint density at radius 3 is 1.68 bits per heavy atom. The minimum atomic E-state index is -0.244. The van der Waals surface area contributed by atoms with Gasteiger partial charge < -0.3 is 10.2 Å². The van der Waals surface area contributed by atoms with Gasteiger partial charge in [-0.2, -0.15) is 22.8 Å². The second kappa shape index (κ2) is 7.03. The summed E-state index contributed by atoms with van der Waals surface area (Å²) in [7, 11) is 0. The molecule has 0 saturated carbocycles. The van der Waals surface area contributed by atoms with Crippen molar-refractivity contribution in [3.8, 4) is 0 Å². The molecule has 4 rings (SSSR count). The molecule has 0 saturated heterocycles. The van der Waals surface area contributed by atoms with E-state index >= 15 is 0 Å². The first-order chi connectivity index (χ1) is 10.3. The van der Waals surface area contributed by atoms with Crippen LogP contribution in [0.2, 0.25) is 0 Å². The van der Waals surface area contributed by atoms with Crippen molar-refractivity contribution >= 4 is 17.5 Å². The number of hydrogen-bond acceptors (Lipinski definition) is 2. The number of nitrogens with zero attached hydrogens (tertiary/aromatic N) is 1. The number of hydrogen-bond donors (Lipinski definition) is 0. The van der Waals surface area contributed by atoms with Gasteiger partial charge in [0, 0.05) is 22.6 Å². The van der Waals surface area contributed by atoms with Crippen molar-refractivity contribution in [3.63, 3.8) is 0 Å². The fourth-order valence-corrected chi connectivity index (χ4v) is 2.26. The maximum atomic E-state index is 12.0. The van der Waals surface area contributed by atoms with Crippen molar-refractivity contribution in [1.29, 1.82) is 0 Å². The zero-order chi connectivity index (χ0) is 14.7. The van der Waals surface area contributed by atoms with Crippen LogP contribution in [0, 0.1) is 0 Å². The van der Waals surface area contributed by atoms with Crippen LogP contribution < -0.4 is 20.7 Å². The van der Waals surface area contributed by atoms with E-state index in [2.05, 4.69) is 0 Å². The van der Waals surface area contributed by atoms with E-state index in [1.54, 1.807) is 48.6 Å². The molecule has 110 valence electrons. The number of rotatable bonds is 0. The topological polar surface area (TPSA) is 49.1 Å². The van der Waals surface area contributed by atoms with Crippen LogP contribution >= 0.6 is 0 Å². The zero-order valence-corrected chi connectivity index (χ0v) is 12.7. The molecule has 1 aliphatic carbocycles. The van der Waals surface area contributed by atoms with Crippen molar-refractivity contribution < 1.29 is 31.9 Å². The summed E-state index contributed by atoms with van der Waals surface area (Å²) < 4.78 is 1.21. The van der Waals surface area contributed by atoms with Gasteiger partial charge in [0.25, 0.3) is 0 Å². The molecule has 0 N–H and O–H groups in total. The fraction of sp³-hybridized carbons (Fsp3) is 0. The molecular weight excluding hydrogens is 318 g/mol. The number of fused-ring (bicyclic) bond motifs is 1. The third-order valence-electron chi connectivity index (χ3n) is 3.25. The molecule has 2 aromatic rings. The second-order valence-corrected chi connectivity index (χ2v) is 4.60. The number of benzene rings is 1. The van der Waals surface area contributed by atoms with E-state index in [1.165, 1.54) is 4.58 Å². The molecule has 0 amide bonds. The van der Waals surface area contributed by atoms with Crippen LogP contribution in [0.4, 0.5) is 0 Å². The standard InChI is InChI=1S/C13H9NO2.C5H5.Fe/c15-12-10-7-3-4-8-11(10)13(16)14(12)9-5-1-2-6-9;1-2-4-5-3-1;/h1-8H,(H-,15,16);1-5H;/q;-1;+2/p-1. The average molecular weight is 331 g/mol. The SMILES string of the molecule is [Fe+2].[O-]C1=c2ccccc2=C([O-])[N+]1=C1C=CC=C1.c1cc[cH-]c1. The first kappa shape index (κ1) is 16.0. The molecule has 0 spiro atoms.